The molecule has 2 rings (SSSR count). The molecule has 0 saturated heterocycles. The molecule has 1 N–H and O–H groups in total. The van der Waals surface area contributed by atoms with Crippen molar-refractivity contribution in [2.45, 2.75) is 13.0 Å². The van der Waals surface area contributed by atoms with Crippen molar-refractivity contribution in [3.63, 3.8) is 0 Å². The Kier molecular flexibility index (Phi) is 5.77. The number of halogens is 1. The van der Waals surface area contributed by atoms with Crippen molar-refractivity contribution >= 4 is 29.1 Å². The number of rotatable bonds is 5. The van der Waals surface area contributed by atoms with Gasteiger partial charge in [0.1, 0.15) is 5.88 Å². The first-order valence-electron chi connectivity index (χ1n) is 7.31. The van der Waals surface area contributed by atoms with Gasteiger partial charge in [-0.15, -0.1) is 11.6 Å². The molecule has 0 aliphatic rings. The predicted molar refractivity (Wildman–Crippen MR) is 92.7 cm³/mol. The van der Waals surface area contributed by atoms with Crippen molar-refractivity contribution in [3.05, 3.63) is 65.7 Å². The minimum absolute atomic E-state index is 0.0503. The second-order valence-corrected chi connectivity index (χ2v) is 5.53. The quantitative estimate of drug-likeness (QED) is 0.850. The van der Waals surface area contributed by atoms with Gasteiger partial charge in [-0.3, -0.25) is 9.59 Å². The van der Waals surface area contributed by atoms with E-state index in [1.54, 1.807) is 24.1 Å². The number of hydrogen-bond donors (Lipinski definition) is 1. The number of nitrogens with one attached hydrogen (secondary N) is 1. The maximum atomic E-state index is 12.2. The van der Waals surface area contributed by atoms with Crippen molar-refractivity contribution in [1.29, 1.82) is 0 Å². The van der Waals surface area contributed by atoms with Crippen LogP contribution >= 0.6 is 11.6 Å². The standard InChI is InChI=1S/C18H19ClN2O2/c1-13(21(2)17(22)12-19)15-9-6-10-16(11-15)20-18(23)14-7-4-3-5-8-14/h3-11,13H,12H2,1-2H3,(H,20,23)/t13-/m0/s1. The summed E-state index contributed by atoms with van der Waals surface area (Å²) in [6.45, 7) is 1.92. The molecule has 0 saturated carbocycles. The molecule has 120 valence electrons. The van der Waals surface area contributed by atoms with E-state index in [2.05, 4.69) is 5.32 Å². The number of benzene rings is 2. The summed E-state index contributed by atoms with van der Waals surface area (Å²) in [5, 5.41) is 2.87. The van der Waals surface area contributed by atoms with Gasteiger partial charge in [-0.25, -0.2) is 0 Å². The van der Waals surface area contributed by atoms with Gasteiger partial charge >= 0.3 is 0 Å². The highest BCUT2D eigenvalue weighted by Crippen LogP contribution is 2.22. The zero-order valence-electron chi connectivity index (χ0n) is 13.1. The van der Waals surface area contributed by atoms with Gasteiger partial charge in [0, 0.05) is 18.3 Å². The number of hydrogen-bond acceptors (Lipinski definition) is 2. The maximum absolute atomic E-state index is 12.2. The summed E-state index contributed by atoms with van der Waals surface area (Å²) in [4.78, 5) is 25.5. The third kappa shape index (κ3) is 4.33. The zero-order chi connectivity index (χ0) is 16.8. The largest absolute Gasteiger partial charge is 0.338 e. The topological polar surface area (TPSA) is 49.4 Å². The van der Waals surface area contributed by atoms with Crippen LogP contribution in [0, 0.1) is 0 Å². The summed E-state index contributed by atoms with van der Waals surface area (Å²) in [5.41, 5.74) is 2.21. The van der Waals surface area contributed by atoms with E-state index in [0.717, 1.165) is 5.56 Å². The molecule has 0 spiro atoms. The molecule has 4 nitrogen and oxygen atoms in total. The summed E-state index contributed by atoms with van der Waals surface area (Å²) in [6.07, 6.45) is 0. The lowest BCUT2D eigenvalue weighted by Gasteiger charge is -2.25. The van der Waals surface area contributed by atoms with Gasteiger partial charge in [-0.2, -0.15) is 0 Å². The van der Waals surface area contributed by atoms with E-state index in [9.17, 15) is 9.59 Å². The fourth-order valence-corrected chi connectivity index (χ4v) is 2.39. The third-order valence-corrected chi connectivity index (χ3v) is 3.98. The Labute approximate surface area is 141 Å². The molecule has 1 atom stereocenters. The van der Waals surface area contributed by atoms with Crippen molar-refractivity contribution in [2.75, 3.05) is 18.2 Å². The van der Waals surface area contributed by atoms with Crippen molar-refractivity contribution in [1.82, 2.24) is 4.90 Å². The van der Waals surface area contributed by atoms with E-state index in [1.165, 1.54) is 0 Å². The summed E-state index contributed by atoms with van der Waals surface area (Å²) in [7, 11) is 1.71. The zero-order valence-corrected chi connectivity index (χ0v) is 13.9. The predicted octanol–water partition coefficient (Wildman–Crippen LogP) is 3.70. The Hall–Kier alpha value is -2.33. The van der Waals surface area contributed by atoms with Crippen LogP contribution in [0.25, 0.3) is 0 Å². The van der Waals surface area contributed by atoms with Crippen LogP contribution in [0.5, 0.6) is 0 Å². The highest BCUT2D eigenvalue weighted by molar-refractivity contribution is 6.27. The lowest BCUT2D eigenvalue weighted by atomic mass is 10.1. The van der Waals surface area contributed by atoms with Crippen LogP contribution in [0.3, 0.4) is 0 Å². The first kappa shape index (κ1) is 17.0. The Bertz CT molecular complexity index is 688. The molecule has 2 aromatic rings. The first-order chi connectivity index (χ1) is 11.0. The van der Waals surface area contributed by atoms with E-state index >= 15 is 0 Å². The summed E-state index contributed by atoms with van der Waals surface area (Å²) < 4.78 is 0. The van der Waals surface area contributed by atoms with Crippen molar-refractivity contribution < 1.29 is 9.59 Å². The van der Waals surface area contributed by atoms with Crippen LogP contribution in [0.4, 0.5) is 5.69 Å². The fourth-order valence-electron chi connectivity index (χ4n) is 2.20. The molecule has 0 aliphatic carbocycles. The van der Waals surface area contributed by atoms with E-state index in [1.807, 2.05) is 49.4 Å². The summed E-state index contributed by atoms with van der Waals surface area (Å²) in [6, 6.07) is 16.3. The van der Waals surface area contributed by atoms with Crippen LogP contribution < -0.4 is 5.32 Å². The van der Waals surface area contributed by atoms with Gasteiger partial charge < -0.3 is 10.2 Å². The Morgan fingerprint density at radius 1 is 1.13 bits per heavy atom. The summed E-state index contributed by atoms with van der Waals surface area (Å²) >= 11 is 5.60. The Balaban J connectivity index is 2.14. The molecule has 0 bridgehead atoms. The monoisotopic (exact) mass is 330 g/mol. The smallest absolute Gasteiger partial charge is 0.255 e. The number of carbonyl (C=O) groups excluding carboxylic acids is 2. The van der Waals surface area contributed by atoms with Crippen molar-refractivity contribution in [3.8, 4) is 0 Å². The molecule has 0 unspecified atom stereocenters. The number of amides is 2. The molecule has 0 heterocycles. The van der Waals surface area contributed by atoms with Crippen LogP contribution in [0.1, 0.15) is 28.9 Å². The van der Waals surface area contributed by atoms with Crippen molar-refractivity contribution in [2.24, 2.45) is 0 Å². The number of carbonyl (C=O) groups is 2. The first-order valence-corrected chi connectivity index (χ1v) is 7.84. The number of alkyl halides is 1. The Morgan fingerprint density at radius 3 is 2.48 bits per heavy atom. The number of anilines is 1. The molecule has 0 aliphatic heterocycles. The lowest BCUT2D eigenvalue weighted by molar-refractivity contribution is -0.129. The van der Waals surface area contributed by atoms with Crippen LogP contribution in [0.2, 0.25) is 0 Å². The summed E-state index contributed by atoms with van der Waals surface area (Å²) in [5.74, 6) is -0.357. The second kappa shape index (κ2) is 7.79. The molecule has 23 heavy (non-hydrogen) atoms. The SMILES string of the molecule is C[C@@H](c1cccc(NC(=O)c2ccccc2)c1)N(C)C(=O)CCl. The van der Waals surface area contributed by atoms with Gasteiger partial charge in [-0.1, -0.05) is 30.3 Å². The third-order valence-electron chi connectivity index (χ3n) is 3.75. The molecular weight excluding hydrogens is 312 g/mol. The second-order valence-electron chi connectivity index (χ2n) is 5.26. The molecule has 2 amide bonds. The molecule has 0 radical (unpaired) electrons. The van der Waals surface area contributed by atoms with Gasteiger partial charge in [0.15, 0.2) is 0 Å². The average molecular weight is 331 g/mol. The molecule has 0 aromatic heterocycles. The van der Waals surface area contributed by atoms with E-state index in [0.29, 0.717) is 11.3 Å². The highest BCUT2D eigenvalue weighted by atomic mass is 35.5. The van der Waals surface area contributed by atoms with Crippen LogP contribution in [-0.4, -0.2) is 29.6 Å². The number of nitrogens with zero attached hydrogens (tertiary/aromatic N) is 1. The van der Waals surface area contributed by atoms with E-state index in [-0.39, 0.29) is 23.7 Å². The molecule has 5 heteroatoms. The minimum Gasteiger partial charge on any atom is -0.338 e. The van der Waals surface area contributed by atoms with E-state index in [4.69, 9.17) is 11.6 Å². The van der Waals surface area contributed by atoms with Gasteiger partial charge in [0.25, 0.3) is 5.91 Å². The van der Waals surface area contributed by atoms with Gasteiger partial charge in [0.2, 0.25) is 5.91 Å². The molecule has 2 aromatic carbocycles. The van der Waals surface area contributed by atoms with Crippen LogP contribution in [0.15, 0.2) is 54.6 Å². The maximum Gasteiger partial charge on any atom is 0.255 e. The molecular formula is C18H19ClN2O2. The highest BCUT2D eigenvalue weighted by Gasteiger charge is 2.17. The van der Waals surface area contributed by atoms with E-state index < -0.39 is 0 Å². The van der Waals surface area contributed by atoms with Gasteiger partial charge in [-0.05, 0) is 36.8 Å². The Morgan fingerprint density at radius 2 is 1.83 bits per heavy atom. The van der Waals surface area contributed by atoms with Crippen LogP contribution in [-0.2, 0) is 4.79 Å². The fraction of sp³-hybridized carbons (Fsp3) is 0.222. The van der Waals surface area contributed by atoms with Gasteiger partial charge in [0.05, 0.1) is 6.04 Å². The minimum atomic E-state index is -0.166. The molecule has 0 fully saturated rings. The lowest BCUT2D eigenvalue weighted by Crippen LogP contribution is -2.30. The normalized spacial score (nSPS) is 11.6. The average Bonchev–Trinajstić information content (AvgIpc) is 2.60.